The molecule has 108 valence electrons. The Hall–Kier alpha value is -1.40. The van der Waals surface area contributed by atoms with Crippen molar-refractivity contribution >= 4 is 21.7 Å². The van der Waals surface area contributed by atoms with Crippen molar-refractivity contribution in [1.82, 2.24) is 0 Å². The Balaban J connectivity index is 1.89. The molecule has 3 rings (SSSR count). The van der Waals surface area contributed by atoms with E-state index in [4.69, 9.17) is 5.14 Å². The minimum absolute atomic E-state index is 0.00483. The molecule has 1 saturated carbocycles. The molecule has 5 nitrogen and oxygen atoms in total. The lowest BCUT2D eigenvalue weighted by atomic mass is 9.79. The number of nitrogens with one attached hydrogen (secondary N) is 1. The van der Waals surface area contributed by atoms with Crippen LogP contribution in [0.25, 0.3) is 0 Å². The summed E-state index contributed by atoms with van der Waals surface area (Å²) < 4.78 is 24.4. The zero-order valence-electron chi connectivity index (χ0n) is 11.1. The number of hydrogen-bond acceptors (Lipinski definition) is 3. The van der Waals surface area contributed by atoms with E-state index < -0.39 is 10.2 Å². The Kier molecular flexibility index (Phi) is 3.30. The molecular formula is C14H18N2O3S. The van der Waals surface area contributed by atoms with Gasteiger partial charge in [-0.05, 0) is 42.0 Å². The summed E-state index contributed by atoms with van der Waals surface area (Å²) in [5, 5.41) is 4.97. The molecule has 1 atom stereocenters. The zero-order valence-corrected chi connectivity index (χ0v) is 11.9. The minimum Gasteiger partial charge on any atom is -0.299 e. The number of ketones is 1. The first-order valence-electron chi connectivity index (χ1n) is 6.88. The van der Waals surface area contributed by atoms with Crippen LogP contribution >= 0.6 is 0 Å². The zero-order chi connectivity index (χ0) is 14.3. The van der Waals surface area contributed by atoms with Crippen LogP contribution in [0.1, 0.15) is 42.7 Å². The van der Waals surface area contributed by atoms with Gasteiger partial charge in [0.1, 0.15) is 5.78 Å². The summed E-state index contributed by atoms with van der Waals surface area (Å²) in [5.41, 5.74) is 2.59. The van der Waals surface area contributed by atoms with Crippen molar-refractivity contribution in [2.45, 2.75) is 38.0 Å². The SMILES string of the molecule is NS(=O)(=O)Nc1ccc2c(c1)CCC(=O)[C@@H]2CC1CC1. The molecule has 0 amide bonds. The molecule has 0 heterocycles. The first kappa shape index (κ1) is 13.6. The molecule has 0 spiro atoms. The molecule has 0 aromatic heterocycles. The van der Waals surface area contributed by atoms with Crippen molar-refractivity contribution in [2.24, 2.45) is 11.1 Å². The molecule has 2 aliphatic carbocycles. The maximum atomic E-state index is 12.1. The summed E-state index contributed by atoms with van der Waals surface area (Å²) in [4.78, 5) is 12.1. The average Bonchev–Trinajstić information content (AvgIpc) is 3.15. The number of carbonyl (C=O) groups excluding carboxylic acids is 1. The third kappa shape index (κ3) is 3.02. The van der Waals surface area contributed by atoms with Gasteiger partial charge >= 0.3 is 0 Å². The van der Waals surface area contributed by atoms with Gasteiger partial charge in [-0.2, -0.15) is 8.42 Å². The summed E-state index contributed by atoms with van der Waals surface area (Å²) in [5.74, 6) is 1.00. The van der Waals surface area contributed by atoms with Crippen LogP contribution in [0.2, 0.25) is 0 Å². The Morgan fingerprint density at radius 3 is 2.65 bits per heavy atom. The van der Waals surface area contributed by atoms with E-state index in [1.807, 2.05) is 6.07 Å². The maximum Gasteiger partial charge on any atom is 0.296 e. The van der Waals surface area contributed by atoms with Crippen LogP contribution in [0.3, 0.4) is 0 Å². The Morgan fingerprint density at radius 1 is 1.25 bits per heavy atom. The van der Waals surface area contributed by atoms with Crippen LogP contribution < -0.4 is 9.86 Å². The highest BCUT2D eigenvalue weighted by molar-refractivity contribution is 7.90. The largest absolute Gasteiger partial charge is 0.299 e. The number of anilines is 1. The standard InChI is InChI=1S/C14H18N2O3S/c15-20(18,19)16-11-4-5-12-10(8-11)3-6-14(17)13(12)7-9-1-2-9/h4-5,8-9,13,16H,1-3,6-7H2,(H2,15,18,19)/t13-/m1/s1. The van der Waals surface area contributed by atoms with E-state index in [-0.39, 0.29) is 5.92 Å². The van der Waals surface area contributed by atoms with Crippen molar-refractivity contribution in [3.05, 3.63) is 29.3 Å². The number of rotatable bonds is 4. The van der Waals surface area contributed by atoms with Crippen molar-refractivity contribution in [2.75, 3.05) is 4.72 Å². The smallest absolute Gasteiger partial charge is 0.296 e. The van der Waals surface area contributed by atoms with Gasteiger partial charge in [-0.25, -0.2) is 5.14 Å². The van der Waals surface area contributed by atoms with E-state index in [2.05, 4.69) is 4.72 Å². The van der Waals surface area contributed by atoms with Gasteiger partial charge in [0.15, 0.2) is 0 Å². The molecule has 1 aromatic carbocycles. The molecule has 0 unspecified atom stereocenters. The Labute approximate surface area is 118 Å². The molecule has 0 aliphatic heterocycles. The molecule has 0 saturated heterocycles. The quantitative estimate of drug-likeness (QED) is 0.885. The summed E-state index contributed by atoms with van der Waals surface area (Å²) in [6, 6.07) is 5.35. The number of Topliss-reactive ketones (excluding diaryl/α,β-unsaturated/α-hetero) is 1. The molecule has 2 aliphatic rings. The number of benzene rings is 1. The molecule has 3 N–H and O–H groups in total. The molecule has 0 bridgehead atoms. The van der Waals surface area contributed by atoms with Crippen molar-refractivity contribution in [3.8, 4) is 0 Å². The van der Waals surface area contributed by atoms with Crippen molar-refractivity contribution in [1.29, 1.82) is 0 Å². The normalized spacial score (nSPS) is 22.4. The highest BCUT2D eigenvalue weighted by atomic mass is 32.2. The lowest BCUT2D eigenvalue weighted by Gasteiger charge is -2.25. The molecule has 0 radical (unpaired) electrons. The fourth-order valence-electron chi connectivity index (χ4n) is 2.94. The van der Waals surface area contributed by atoms with Gasteiger partial charge < -0.3 is 0 Å². The fraction of sp³-hybridized carbons (Fsp3) is 0.500. The van der Waals surface area contributed by atoms with Gasteiger partial charge in [0.25, 0.3) is 10.2 Å². The van der Waals surface area contributed by atoms with Crippen molar-refractivity contribution in [3.63, 3.8) is 0 Å². The van der Waals surface area contributed by atoms with E-state index in [9.17, 15) is 13.2 Å². The summed E-state index contributed by atoms with van der Waals surface area (Å²) in [6.07, 6.45) is 4.61. The lowest BCUT2D eigenvalue weighted by Crippen LogP contribution is -2.23. The maximum absolute atomic E-state index is 12.1. The first-order valence-corrected chi connectivity index (χ1v) is 8.43. The predicted octanol–water partition coefficient (Wildman–Crippen LogP) is 1.70. The van der Waals surface area contributed by atoms with E-state index in [1.165, 1.54) is 12.8 Å². The summed E-state index contributed by atoms with van der Waals surface area (Å²) >= 11 is 0. The molecule has 20 heavy (non-hydrogen) atoms. The number of carbonyl (C=O) groups is 1. The van der Waals surface area contributed by atoms with Gasteiger partial charge in [-0.3, -0.25) is 9.52 Å². The van der Waals surface area contributed by atoms with Crippen LogP contribution in [-0.4, -0.2) is 14.2 Å². The molecular weight excluding hydrogens is 276 g/mol. The Bertz CT molecular complexity index is 650. The van der Waals surface area contributed by atoms with Crippen LogP contribution in [0.5, 0.6) is 0 Å². The number of aryl methyl sites for hydroxylation is 1. The number of nitrogens with two attached hydrogens (primary N) is 1. The second-order valence-corrected chi connectivity index (χ2v) is 7.05. The fourth-order valence-corrected chi connectivity index (χ4v) is 3.40. The summed E-state index contributed by atoms with van der Waals surface area (Å²) in [6.45, 7) is 0. The van der Waals surface area contributed by atoms with E-state index >= 15 is 0 Å². The number of hydrogen-bond donors (Lipinski definition) is 2. The van der Waals surface area contributed by atoms with E-state index in [0.29, 0.717) is 30.2 Å². The molecule has 6 heteroatoms. The van der Waals surface area contributed by atoms with Crippen LogP contribution in [-0.2, 0) is 21.4 Å². The van der Waals surface area contributed by atoms with Gasteiger partial charge in [-0.1, -0.05) is 18.9 Å². The van der Waals surface area contributed by atoms with Gasteiger partial charge in [0, 0.05) is 12.3 Å². The third-order valence-corrected chi connectivity index (χ3v) is 4.59. The van der Waals surface area contributed by atoms with E-state index in [0.717, 1.165) is 17.5 Å². The highest BCUT2D eigenvalue weighted by Crippen LogP contribution is 2.42. The van der Waals surface area contributed by atoms with Gasteiger partial charge in [0.05, 0.1) is 5.69 Å². The van der Waals surface area contributed by atoms with Crippen LogP contribution in [0.15, 0.2) is 18.2 Å². The topological polar surface area (TPSA) is 89.3 Å². The monoisotopic (exact) mass is 294 g/mol. The van der Waals surface area contributed by atoms with Crippen LogP contribution in [0.4, 0.5) is 5.69 Å². The minimum atomic E-state index is -3.75. The first-order chi connectivity index (χ1) is 9.42. The lowest BCUT2D eigenvalue weighted by molar-refractivity contribution is -0.121. The van der Waals surface area contributed by atoms with E-state index in [1.54, 1.807) is 12.1 Å². The highest BCUT2D eigenvalue weighted by Gasteiger charge is 2.33. The van der Waals surface area contributed by atoms with Crippen molar-refractivity contribution < 1.29 is 13.2 Å². The second kappa shape index (κ2) is 4.86. The molecule has 1 fully saturated rings. The summed E-state index contributed by atoms with van der Waals surface area (Å²) in [7, 11) is -3.75. The van der Waals surface area contributed by atoms with Gasteiger partial charge in [-0.15, -0.1) is 0 Å². The van der Waals surface area contributed by atoms with Gasteiger partial charge in [0.2, 0.25) is 0 Å². The second-order valence-electron chi connectivity index (χ2n) is 5.76. The predicted molar refractivity (Wildman–Crippen MR) is 76.6 cm³/mol. The Morgan fingerprint density at radius 2 is 2.00 bits per heavy atom. The van der Waals surface area contributed by atoms with Crippen LogP contribution in [0, 0.1) is 5.92 Å². The third-order valence-electron chi connectivity index (χ3n) is 4.07. The molecule has 1 aromatic rings. The number of fused-ring (bicyclic) bond motifs is 1. The average molecular weight is 294 g/mol.